The standard InChI is InChI=1S/C15H23N5O2S/c1-12(2)20-11-16-17-15(20)13(3)18-23(21,22)19(4)10-14-8-6-5-7-9-14/h5-9,11-13,18H,10H2,1-4H3. The van der Waals surface area contributed by atoms with Crippen molar-refractivity contribution in [3.63, 3.8) is 0 Å². The van der Waals surface area contributed by atoms with Crippen molar-refractivity contribution in [2.75, 3.05) is 7.05 Å². The van der Waals surface area contributed by atoms with E-state index in [9.17, 15) is 8.42 Å². The van der Waals surface area contributed by atoms with Gasteiger partial charge in [0.1, 0.15) is 6.33 Å². The summed E-state index contributed by atoms with van der Waals surface area (Å²) >= 11 is 0. The number of nitrogens with zero attached hydrogens (tertiary/aromatic N) is 4. The number of benzene rings is 1. The summed E-state index contributed by atoms with van der Waals surface area (Å²) in [7, 11) is -2.07. The SMILES string of the molecule is CC(NS(=O)(=O)N(C)Cc1ccccc1)c1nncn1C(C)C. The molecular weight excluding hydrogens is 314 g/mol. The van der Waals surface area contributed by atoms with Gasteiger partial charge in [0.05, 0.1) is 6.04 Å². The van der Waals surface area contributed by atoms with E-state index in [0.717, 1.165) is 5.56 Å². The van der Waals surface area contributed by atoms with E-state index in [1.54, 1.807) is 20.3 Å². The Balaban J connectivity index is 2.09. The Hall–Kier alpha value is -1.77. The lowest BCUT2D eigenvalue weighted by atomic mass is 10.2. The molecule has 1 unspecified atom stereocenters. The molecule has 2 aromatic rings. The van der Waals surface area contributed by atoms with E-state index in [1.807, 2.05) is 48.7 Å². The number of rotatable bonds is 7. The average Bonchev–Trinajstić information content (AvgIpc) is 2.97. The molecule has 0 aliphatic heterocycles. The van der Waals surface area contributed by atoms with Crippen molar-refractivity contribution in [2.24, 2.45) is 0 Å². The highest BCUT2D eigenvalue weighted by Gasteiger charge is 2.24. The fraction of sp³-hybridized carbons (Fsp3) is 0.467. The van der Waals surface area contributed by atoms with Crippen molar-refractivity contribution < 1.29 is 8.42 Å². The van der Waals surface area contributed by atoms with Gasteiger partial charge in [0.15, 0.2) is 5.82 Å². The maximum Gasteiger partial charge on any atom is 0.280 e. The Kier molecular flexibility index (Phi) is 5.51. The van der Waals surface area contributed by atoms with E-state index in [1.165, 1.54) is 4.31 Å². The zero-order chi connectivity index (χ0) is 17.0. The van der Waals surface area contributed by atoms with Crippen LogP contribution in [0.2, 0.25) is 0 Å². The second kappa shape index (κ2) is 7.20. The smallest absolute Gasteiger partial charge is 0.280 e. The number of hydrogen-bond acceptors (Lipinski definition) is 4. The molecule has 0 aliphatic rings. The molecule has 0 fully saturated rings. The quantitative estimate of drug-likeness (QED) is 0.836. The molecule has 0 bridgehead atoms. The molecule has 0 amide bonds. The van der Waals surface area contributed by atoms with E-state index in [2.05, 4.69) is 14.9 Å². The summed E-state index contributed by atoms with van der Waals surface area (Å²) in [5, 5.41) is 7.90. The third kappa shape index (κ3) is 4.37. The normalized spacial score (nSPS) is 13.7. The Morgan fingerprint density at radius 2 is 1.87 bits per heavy atom. The monoisotopic (exact) mass is 337 g/mol. The highest BCUT2D eigenvalue weighted by molar-refractivity contribution is 7.87. The van der Waals surface area contributed by atoms with Crippen molar-refractivity contribution in [3.8, 4) is 0 Å². The first-order chi connectivity index (χ1) is 10.8. The van der Waals surface area contributed by atoms with Crippen LogP contribution in [-0.4, -0.2) is 34.5 Å². The van der Waals surface area contributed by atoms with Crippen molar-refractivity contribution >= 4 is 10.2 Å². The first-order valence-corrected chi connectivity index (χ1v) is 8.92. The van der Waals surface area contributed by atoms with Crippen LogP contribution in [0, 0.1) is 0 Å². The molecule has 0 saturated carbocycles. The predicted molar refractivity (Wildman–Crippen MR) is 88.8 cm³/mol. The molecule has 1 atom stereocenters. The molecule has 126 valence electrons. The van der Waals surface area contributed by atoms with Crippen LogP contribution in [0.3, 0.4) is 0 Å². The van der Waals surface area contributed by atoms with Crippen LogP contribution in [0.4, 0.5) is 0 Å². The third-order valence-corrected chi connectivity index (χ3v) is 5.13. The van der Waals surface area contributed by atoms with Crippen molar-refractivity contribution in [2.45, 2.75) is 39.4 Å². The van der Waals surface area contributed by atoms with Crippen molar-refractivity contribution in [1.82, 2.24) is 23.8 Å². The topological polar surface area (TPSA) is 80.1 Å². The van der Waals surface area contributed by atoms with E-state index in [-0.39, 0.29) is 6.04 Å². The molecular formula is C15H23N5O2S. The predicted octanol–water partition coefficient (Wildman–Crippen LogP) is 1.89. The van der Waals surface area contributed by atoms with Gasteiger partial charge in [-0.2, -0.15) is 17.4 Å². The van der Waals surface area contributed by atoms with Crippen molar-refractivity contribution in [3.05, 3.63) is 48.0 Å². The second-order valence-electron chi connectivity index (χ2n) is 5.78. The zero-order valence-corrected chi connectivity index (χ0v) is 14.7. The lowest BCUT2D eigenvalue weighted by Crippen LogP contribution is -2.39. The minimum atomic E-state index is -3.62. The van der Waals surface area contributed by atoms with Crippen LogP contribution in [0.5, 0.6) is 0 Å². The molecule has 0 saturated heterocycles. The molecule has 8 heteroatoms. The molecule has 1 N–H and O–H groups in total. The first-order valence-electron chi connectivity index (χ1n) is 7.48. The lowest BCUT2D eigenvalue weighted by Gasteiger charge is -2.22. The maximum atomic E-state index is 12.5. The molecule has 0 radical (unpaired) electrons. The fourth-order valence-electron chi connectivity index (χ4n) is 2.25. The summed E-state index contributed by atoms with van der Waals surface area (Å²) in [6.07, 6.45) is 1.61. The van der Waals surface area contributed by atoms with Crippen LogP contribution < -0.4 is 4.72 Å². The van der Waals surface area contributed by atoms with Gasteiger partial charge < -0.3 is 4.57 Å². The molecule has 1 heterocycles. The van der Waals surface area contributed by atoms with Crippen LogP contribution in [0.1, 0.15) is 44.2 Å². The second-order valence-corrected chi connectivity index (χ2v) is 7.59. The Bertz CT molecular complexity index is 727. The molecule has 7 nitrogen and oxygen atoms in total. The fourth-order valence-corrected chi connectivity index (χ4v) is 3.30. The number of nitrogens with one attached hydrogen (secondary N) is 1. The van der Waals surface area contributed by atoms with Gasteiger partial charge in [-0.25, -0.2) is 0 Å². The summed E-state index contributed by atoms with van der Waals surface area (Å²) in [4.78, 5) is 0. The van der Waals surface area contributed by atoms with E-state index >= 15 is 0 Å². The lowest BCUT2D eigenvalue weighted by molar-refractivity contribution is 0.440. The molecule has 0 spiro atoms. The number of hydrogen-bond donors (Lipinski definition) is 1. The molecule has 2 rings (SSSR count). The summed E-state index contributed by atoms with van der Waals surface area (Å²) < 4.78 is 30.7. The van der Waals surface area contributed by atoms with Crippen LogP contribution in [-0.2, 0) is 16.8 Å². The Morgan fingerprint density at radius 3 is 2.48 bits per heavy atom. The van der Waals surface area contributed by atoms with Crippen LogP contribution in [0.15, 0.2) is 36.7 Å². The maximum absolute atomic E-state index is 12.5. The van der Waals surface area contributed by atoms with Gasteiger partial charge in [-0.05, 0) is 26.3 Å². The summed E-state index contributed by atoms with van der Waals surface area (Å²) in [5.41, 5.74) is 0.929. The highest BCUT2D eigenvalue weighted by Crippen LogP contribution is 2.16. The van der Waals surface area contributed by atoms with E-state index < -0.39 is 16.3 Å². The minimum absolute atomic E-state index is 0.161. The Labute approximate surface area is 137 Å². The van der Waals surface area contributed by atoms with E-state index in [0.29, 0.717) is 12.4 Å². The summed E-state index contributed by atoms with van der Waals surface area (Å²) in [6.45, 7) is 6.06. The van der Waals surface area contributed by atoms with Crippen molar-refractivity contribution in [1.29, 1.82) is 0 Å². The highest BCUT2D eigenvalue weighted by atomic mass is 32.2. The van der Waals surface area contributed by atoms with Gasteiger partial charge in [-0.15, -0.1) is 10.2 Å². The first kappa shape index (κ1) is 17.6. The van der Waals surface area contributed by atoms with Gasteiger partial charge in [0.25, 0.3) is 10.2 Å². The zero-order valence-electron chi connectivity index (χ0n) is 13.8. The van der Waals surface area contributed by atoms with Gasteiger partial charge in [-0.1, -0.05) is 30.3 Å². The van der Waals surface area contributed by atoms with Gasteiger partial charge in [-0.3, -0.25) is 0 Å². The molecule has 1 aromatic carbocycles. The minimum Gasteiger partial charge on any atom is -0.314 e. The molecule has 0 aliphatic carbocycles. The van der Waals surface area contributed by atoms with Gasteiger partial charge >= 0.3 is 0 Å². The summed E-state index contributed by atoms with van der Waals surface area (Å²) in [5.74, 6) is 0.594. The Morgan fingerprint density at radius 1 is 1.22 bits per heavy atom. The molecule has 1 aromatic heterocycles. The number of aromatic nitrogens is 3. The van der Waals surface area contributed by atoms with Gasteiger partial charge in [0, 0.05) is 19.6 Å². The van der Waals surface area contributed by atoms with Crippen LogP contribution >= 0.6 is 0 Å². The van der Waals surface area contributed by atoms with E-state index in [4.69, 9.17) is 0 Å². The van der Waals surface area contributed by atoms with Crippen LogP contribution in [0.25, 0.3) is 0 Å². The largest absolute Gasteiger partial charge is 0.314 e. The summed E-state index contributed by atoms with van der Waals surface area (Å²) in [6, 6.07) is 9.15. The molecule has 23 heavy (non-hydrogen) atoms. The third-order valence-electron chi connectivity index (χ3n) is 3.53. The average molecular weight is 337 g/mol. The van der Waals surface area contributed by atoms with Gasteiger partial charge in [0.2, 0.25) is 0 Å².